The molecule has 194 valence electrons. The summed E-state index contributed by atoms with van der Waals surface area (Å²) in [5.74, 6) is -4.20. The molecule has 0 fully saturated rings. The van der Waals surface area contributed by atoms with Gasteiger partial charge >= 0.3 is 24.1 Å². The predicted molar refractivity (Wildman–Crippen MR) is 121 cm³/mol. The minimum Gasteiger partial charge on any atom is -0.475 e. The van der Waals surface area contributed by atoms with Gasteiger partial charge in [-0.25, -0.2) is 14.6 Å². The number of fused-ring (bicyclic) bond motifs is 5. The number of nitrogens with two attached hydrogens (primary N) is 1. The minimum absolute atomic E-state index is 0.117. The van der Waals surface area contributed by atoms with Gasteiger partial charge in [0.15, 0.2) is 0 Å². The number of para-hydroxylation sites is 1. The summed E-state index contributed by atoms with van der Waals surface area (Å²) in [6.45, 7) is 1.53. The molecule has 2 aromatic heterocycles. The van der Waals surface area contributed by atoms with Gasteiger partial charge in [0.05, 0.1) is 35.6 Å². The predicted octanol–water partition coefficient (Wildman–Crippen LogP) is 2.22. The summed E-state index contributed by atoms with van der Waals surface area (Å²) in [6, 6.07) is 11.5. The van der Waals surface area contributed by atoms with Crippen molar-refractivity contribution in [2.24, 2.45) is 5.73 Å². The van der Waals surface area contributed by atoms with Crippen LogP contribution in [0.15, 0.2) is 41.2 Å². The Morgan fingerprint density at radius 3 is 2.54 bits per heavy atom. The van der Waals surface area contributed by atoms with E-state index in [2.05, 4.69) is 0 Å². The van der Waals surface area contributed by atoms with E-state index in [1.165, 1.54) is 0 Å². The van der Waals surface area contributed by atoms with Gasteiger partial charge < -0.3 is 24.9 Å². The zero-order valence-corrected chi connectivity index (χ0v) is 19.3. The molecule has 37 heavy (non-hydrogen) atoms. The lowest BCUT2D eigenvalue weighted by Gasteiger charge is -2.35. The number of hydrogen-bond donors (Lipinski definition) is 2. The number of rotatable bonds is 3. The van der Waals surface area contributed by atoms with Gasteiger partial charge in [-0.05, 0) is 24.6 Å². The van der Waals surface area contributed by atoms with Crippen molar-refractivity contribution in [1.29, 1.82) is 0 Å². The first-order valence-corrected chi connectivity index (χ1v) is 11.0. The highest BCUT2D eigenvalue weighted by molar-refractivity contribution is 5.88. The van der Waals surface area contributed by atoms with Crippen LogP contribution in [-0.2, 0) is 42.6 Å². The average Bonchev–Trinajstić information content (AvgIpc) is 3.22. The van der Waals surface area contributed by atoms with E-state index in [1.807, 2.05) is 30.3 Å². The summed E-state index contributed by atoms with van der Waals surface area (Å²) in [5.41, 5.74) is 7.09. The van der Waals surface area contributed by atoms with E-state index in [1.54, 1.807) is 17.6 Å². The van der Waals surface area contributed by atoms with E-state index in [0.717, 1.165) is 16.5 Å². The molecule has 5 rings (SSSR count). The van der Waals surface area contributed by atoms with Gasteiger partial charge in [0.2, 0.25) is 5.60 Å². The monoisotopic (exact) mass is 519 g/mol. The molecule has 0 unspecified atom stereocenters. The molecule has 0 bridgehead atoms. The second-order valence-corrected chi connectivity index (χ2v) is 8.24. The average molecular weight is 519 g/mol. The van der Waals surface area contributed by atoms with Crippen molar-refractivity contribution in [1.82, 2.24) is 9.55 Å². The number of benzene rings is 1. The molecule has 3 N–H and O–H groups in total. The van der Waals surface area contributed by atoms with Gasteiger partial charge in [0.25, 0.3) is 5.56 Å². The number of cyclic esters (lactones) is 1. The molecule has 0 amide bonds. The molecule has 0 saturated heterocycles. The number of esters is 2. The number of alkyl halides is 3. The first-order chi connectivity index (χ1) is 17.4. The highest BCUT2D eigenvalue weighted by atomic mass is 19.4. The number of nitrogens with zero attached hydrogens (tertiary/aromatic N) is 2. The highest BCUT2D eigenvalue weighted by Crippen LogP contribution is 2.40. The molecule has 1 atom stereocenters. The second-order valence-electron chi connectivity index (χ2n) is 8.24. The standard InChI is InChI=1S/C22H19N3O5.C2HF3O2/c1-2-22(30-18(26)9-23)15-8-17-19-13(7-12-5-3-4-6-16(12)24-19)10-25(17)20(27)14(15)11-29-21(22)28;3-2(4,5)1(6)7/h3-8H,2,9-11,23H2,1H3;(H,6,7)/t22-;/m0./s1. The van der Waals surface area contributed by atoms with Crippen molar-refractivity contribution in [2.45, 2.75) is 38.3 Å². The molecular formula is C24H20F3N3O7. The SMILES string of the molecule is CC[C@@]1(OC(=O)CN)C(=O)OCc2c1cc1n(c2=O)Cc2cc3ccccc3nc2-1.O=C(O)C(F)(F)F. The lowest BCUT2D eigenvalue weighted by molar-refractivity contribution is -0.192. The van der Waals surface area contributed by atoms with Crippen LogP contribution >= 0.6 is 0 Å². The summed E-state index contributed by atoms with van der Waals surface area (Å²) < 4.78 is 44.1. The lowest BCUT2D eigenvalue weighted by atomic mass is 9.85. The summed E-state index contributed by atoms with van der Waals surface area (Å²) in [7, 11) is 0. The van der Waals surface area contributed by atoms with Crippen LogP contribution in [0, 0.1) is 0 Å². The van der Waals surface area contributed by atoms with Crippen molar-refractivity contribution >= 4 is 28.8 Å². The van der Waals surface area contributed by atoms with Crippen molar-refractivity contribution in [3.8, 4) is 11.4 Å². The van der Waals surface area contributed by atoms with Gasteiger partial charge in [0.1, 0.15) is 6.61 Å². The zero-order chi connectivity index (χ0) is 27.1. The molecule has 0 spiro atoms. The number of carbonyl (C=O) groups excluding carboxylic acids is 2. The Kier molecular flexibility index (Phi) is 6.50. The van der Waals surface area contributed by atoms with Crippen LogP contribution in [0.3, 0.4) is 0 Å². The molecule has 0 aliphatic carbocycles. The molecule has 0 radical (unpaired) electrons. The summed E-state index contributed by atoms with van der Waals surface area (Å²) >= 11 is 0. The summed E-state index contributed by atoms with van der Waals surface area (Å²) in [6.07, 6.45) is -4.97. The number of aliphatic carboxylic acids is 1. The van der Waals surface area contributed by atoms with Crippen LogP contribution in [0.2, 0.25) is 0 Å². The number of aromatic nitrogens is 2. The van der Waals surface area contributed by atoms with Gasteiger partial charge in [-0.15, -0.1) is 0 Å². The fourth-order valence-electron chi connectivity index (χ4n) is 4.32. The van der Waals surface area contributed by atoms with Crippen molar-refractivity contribution in [2.75, 3.05) is 6.54 Å². The molecule has 10 nitrogen and oxygen atoms in total. The zero-order valence-electron chi connectivity index (χ0n) is 19.3. The van der Waals surface area contributed by atoms with E-state index in [-0.39, 0.29) is 25.1 Å². The number of ether oxygens (including phenoxy) is 2. The minimum atomic E-state index is -5.08. The second kappa shape index (κ2) is 9.32. The maximum atomic E-state index is 13.3. The Bertz CT molecular complexity index is 1500. The van der Waals surface area contributed by atoms with Crippen molar-refractivity contribution < 1.29 is 42.1 Å². The van der Waals surface area contributed by atoms with E-state index >= 15 is 0 Å². The summed E-state index contributed by atoms with van der Waals surface area (Å²) in [4.78, 5) is 51.7. The fraction of sp³-hybridized carbons (Fsp3) is 0.292. The van der Waals surface area contributed by atoms with Crippen LogP contribution in [0.4, 0.5) is 13.2 Å². The molecule has 3 aromatic rings. The Labute approximate surface area is 206 Å². The first kappa shape index (κ1) is 25.8. The molecule has 2 aliphatic rings. The molecule has 0 saturated carbocycles. The Morgan fingerprint density at radius 2 is 1.92 bits per heavy atom. The summed E-state index contributed by atoms with van der Waals surface area (Å²) in [5, 5.41) is 8.11. The maximum Gasteiger partial charge on any atom is 0.490 e. The molecule has 2 aliphatic heterocycles. The quantitative estimate of drug-likeness (QED) is 0.388. The number of carbonyl (C=O) groups is 3. The smallest absolute Gasteiger partial charge is 0.475 e. The van der Waals surface area contributed by atoms with Gasteiger partial charge in [0, 0.05) is 16.5 Å². The third kappa shape index (κ3) is 4.42. The van der Waals surface area contributed by atoms with Crippen LogP contribution in [-0.4, -0.2) is 45.3 Å². The topological polar surface area (TPSA) is 151 Å². The van der Waals surface area contributed by atoms with Crippen molar-refractivity contribution in [3.63, 3.8) is 0 Å². The van der Waals surface area contributed by atoms with E-state index in [9.17, 15) is 27.6 Å². The Balaban J connectivity index is 0.000000405. The number of halogens is 3. The van der Waals surface area contributed by atoms with Gasteiger partial charge in [-0.1, -0.05) is 25.1 Å². The Morgan fingerprint density at radius 1 is 1.24 bits per heavy atom. The third-order valence-corrected chi connectivity index (χ3v) is 6.08. The van der Waals surface area contributed by atoms with Crippen LogP contribution < -0.4 is 11.3 Å². The lowest BCUT2D eigenvalue weighted by Crippen LogP contribution is -2.48. The Hall–Kier alpha value is -4.26. The van der Waals surface area contributed by atoms with Crippen LogP contribution in [0.25, 0.3) is 22.3 Å². The van der Waals surface area contributed by atoms with Crippen LogP contribution in [0.1, 0.15) is 30.0 Å². The number of carboxylic acid groups (broad SMARTS) is 1. The largest absolute Gasteiger partial charge is 0.490 e. The van der Waals surface area contributed by atoms with Gasteiger partial charge in [-0.2, -0.15) is 13.2 Å². The molecular weight excluding hydrogens is 499 g/mol. The fourth-order valence-corrected chi connectivity index (χ4v) is 4.32. The van der Waals surface area contributed by atoms with Crippen molar-refractivity contribution in [3.05, 3.63) is 63.4 Å². The number of pyridine rings is 2. The molecule has 13 heteroatoms. The highest BCUT2D eigenvalue weighted by Gasteiger charge is 2.50. The first-order valence-electron chi connectivity index (χ1n) is 11.0. The number of carboxylic acids is 1. The van der Waals surface area contributed by atoms with Gasteiger partial charge in [-0.3, -0.25) is 9.59 Å². The van der Waals surface area contributed by atoms with E-state index in [0.29, 0.717) is 29.1 Å². The number of hydrogen-bond acceptors (Lipinski definition) is 8. The molecule has 4 heterocycles. The third-order valence-electron chi connectivity index (χ3n) is 6.08. The van der Waals surface area contributed by atoms with E-state index < -0.39 is 29.7 Å². The normalized spacial score (nSPS) is 17.6. The maximum absolute atomic E-state index is 13.3. The van der Waals surface area contributed by atoms with Crippen LogP contribution in [0.5, 0.6) is 0 Å². The molecule has 1 aromatic carbocycles. The van der Waals surface area contributed by atoms with E-state index in [4.69, 9.17) is 30.1 Å².